The van der Waals surface area contributed by atoms with Crippen molar-refractivity contribution in [2.75, 3.05) is 20.3 Å². The van der Waals surface area contributed by atoms with Crippen LogP contribution in [0.15, 0.2) is 29.1 Å². The van der Waals surface area contributed by atoms with E-state index in [1.807, 2.05) is 59.7 Å². The van der Waals surface area contributed by atoms with Gasteiger partial charge in [0.05, 0.1) is 24.2 Å². The van der Waals surface area contributed by atoms with E-state index in [2.05, 4.69) is 0 Å². The fraction of sp³-hybridized carbons (Fsp3) is 0.565. The zero-order valence-electron chi connectivity index (χ0n) is 19.1. The van der Waals surface area contributed by atoms with Crippen LogP contribution in [0.2, 0.25) is 0 Å². The molecule has 1 aromatic heterocycles. The van der Waals surface area contributed by atoms with E-state index < -0.39 is 11.6 Å². The second-order valence-corrected chi connectivity index (χ2v) is 9.65. The van der Waals surface area contributed by atoms with Crippen LogP contribution in [0.5, 0.6) is 5.75 Å². The van der Waals surface area contributed by atoms with Gasteiger partial charge < -0.3 is 19.1 Å². The van der Waals surface area contributed by atoms with Crippen molar-refractivity contribution in [3.05, 3.63) is 40.3 Å². The van der Waals surface area contributed by atoms with Crippen LogP contribution in [0.1, 0.15) is 47.2 Å². The minimum Gasteiger partial charge on any atom is -0.489 e. The standard InChI is InChI=1S/C23H34N2O5/c1-22(2,3)15-24-18(14-25(21(27)28)23(4,5)6)19(30-13-12-29-7)16-10-8-9-11-17(16)20(24)26/h8-11H,12-15H2,1-7H3,(H,27,28). The Labute approximate surface area is 178 Å². The normalized spacial score (nSPS) is 12.2. The number of carboxylic acid groups (broad SMARTS) is 1. The summed E-state index contributed by atoms with van der Waals surface area (Å²) < 4.78 is 12.9. The lowest BCUT2D eigenvalue weighted by Gasteiger charge is -2.35. The predicted octanol–water partition coefficient (Wildman–Crippen LogP) is 4.35. The highest BCUT2D eigenvalue weighted by molar-refractivity contribution is 5.88. The van der Waals surface area contributed by atoms with Crippen LogP contribution in [-0.4, -0.2) is 46.5 Å². The van der Waals surface area contributed by atoms with E-state index in [9.17, 15) is 14.7 Å². The van der Waals surface area contributed by atoms with Gasteiger partial charge in [-0.2, -0.15) is 0 Å². The number of pyridine rings is 1. The first-order chi connectivity index (χ1) is 13.9. The van der Waals surface area contributed by atoms with Gasteiger partial charge in [-0.1, -0.05) is 39.0 Å². The minimum absolute atomic E-state index is 0.0390. The summed E-state index contributed by atoms with van der Waals surface area (Å²) in [4.78, 5) is 26.8. The van der Waals surface area contributed by atoms with Crippen LogP contribution in [0, 0.1) is 5.41 Å². The van der Waals surface area contributed by atoms with E-state index in [4.69, 9.17) is 9.47 Å². The number of aromatic nitrogens is 1. The SMILES string of the molecule is COCCOc1c(CN(C(=O)O)C(C)(C)C)n(CC(C)(C)C)c(=O)c2ccccc12. The highest BCUT2D eigenvalue weighted by Gasteiger charge is 2.30. The Morgan fingerprint density at radius 2 is 1.67 bits per heavy atom. The van der Waals surface area contributed by atoms with Gasteiger partial charge in [0, 0.05) is 24.6 Å². The van der Waals surface area contributed by atoms with Gasteiger partial charge in [-0.15, -0.1) is 0 Å². The van der Waals surface area contributed by atoms with Crippen LogP contribution in [0.25, 0.3) is 10.8 Å². The average molecular weight is 419 g/mol. The third-order valence-corrected chi connectivity index (χ3v) is 4.75. The van der Waals surface area contributed by atoms with Crippen molar-refractivity contribution in [2.24, 2.45) is 5.41 Å². The maximum absolute atomic E-state index is 13.4. The Morgan fingerprint density at radius 1 is 1.07 bits per heavy atom. The molecule has 0 aliphatic carbocycles. The molecule has 0 radical (unpaired) electrons. The van der Waals surface area contributed by atoms with Crippen molar-refractivity contribution in [3.8, 4) is 5.75 Å². The third-order valence-electron chi connectivity index (χ3n) is 4.75. The number of fused-ring (bicyclic) bond motifs is 1. The van der Waals surface area contributed by atoms with Gasteiger partial charge >= 0.3 is 6.09 Å². The van der Waals surface area contributed by atoms with Gasteiger partial charge in [-0.05, 0) is 32.3 Å². The Balaban J connectivity index is 2.82. The quantitative estimate of drug-likeness (QED) is 0.676. The molecule has 0 saturated carbocycles. The molecular formula is C23H34N2O5. The zero-order chi connectivity index (χ0) is 22.7. The second kappa shape index (κ2) is 9.08. The van der Waals surface area contributed by atoms with Crippen LogP contribution >= 0.6 is 0 Å². The Morgan fingerprint density at radius 3 is 2.17 bits per heavy atom. The number of benzene rings is 1. The van der Waals surface area contributed by atoms with E-state index in [1.54, 1.807) is 17.7 Å². The first-order valence-electron chi connectivity index (χ1n) is 10.1. The Kier molecular flexibility index (Phi) is 7.18. The Bertz CT molecular complexity index is 951. The van der Waals surface area contributed by atoms with Crippen LogP contribution < -0.4 is 10.3 Å². The topological polar surface area (TPSA) is 81.0 Å². The number of amides is 1. The van der Waals surface area contributed by atoms with E-state index in [0.29, 0.717) is 42.0 Å². The lowest BCUT2D eigenvalue weighted by Crippen LogP contribution is -2.45. The molecule has 0 atom stereocenters. The molecule has 0 unspecified atom stereocenters. The third kappa shape index (κ3) is 5.53. The van der Waals surface area contributed by atoms with E-state index in [-0.39, 0.29) is 17.5 Å². The van der Waals surface area contributed by atoms with Gasteiger partial charge in [0.2, 0.25) is 0 Å². The van der Waals surface area contributed by atoms with Crippen molar-refractivity contribution in [1.82, 2.24) is 9.47 Å². The molecule has 0 fully saturated rings. The minimum atomic E-state index is -1.05. The predicted molar refractivity (Wildman–Crippen MR) is 118 cm³/mol. The summed E-state index contributed by atoms with van der Waals surface area (Å²) in [6.07, 6.45) is -1.05. The van der Waals surface area contributed by atoms with Crippen LogP contribution in [0.4, 0.5) is 4.79 Å². The molecular weight excluding hydrogens is 384 g/mol. The molecule has 2 aromatic rings. The maximum atomic E-state index is 13.4. The van der Waals surface area contributed by atoms with Gasteiger partial charge in [-0.25, -0.2) is 4.79 Å². The number of rotatable bonds is 7. The zero-order valence-corrected chi connectivity index (χ0v) is 19.1. The largest absolute Gasteiger partial charge is 0.489 e. The first kappa shape index (κ1) is 23.7. The van der Waals surface area contributed by atoms with Gasteiger partial charge in [0.25, 0.3) is 5.56 Å². The molecule has 2 rings (SSSR count). The molecule has 166 valence electrons. The fourth-order valence-electron chi connectivity index (χ4n) is 3.34. The average Bonchev–Trinajstić information content (AvgIpc) is 2.62. The number of hydrogen-bond donors (Lipinski definition) is 1. The molecule has 0 bridgehead atoms. The molecule has 1 N–H and O–H groups in total. The molecule has 7 nitrogen and oxygen atoms in total. The number of ether oxygens (including phenoxy) is 2. The van der Waals surface area contributed by atoms with Gasteiger partial charge in [0.1, 0.15) is 12.4 Å². The van der Waals surface area contributed by atoms with Crippen LogP contribution in [0.3, 0.4) is 0 Å². The molecule has 0 aliphatic rings. The fourth-order valence-corrected chi connectivity index (χ4v) is 3.34. The lowest BCUT2D eigenvalue weighted by molar-refractivity contribution is 0.0916. The number of nitrogens with zero attached hydrogens (tertiary/aromatic N) is 2. The molecule has 1 aromatic carbocycles. The summed E-state index contributed by atoms with van der Waals surface area (Å²) in [5, 5.41) is 11.1. The highest BCUT2D eigenvalue weighted by Crippen LogP contribution is 2.32. The lowest BCUT2D eigenvalue weighted by atomic mass is 9.96. The summed E-state index contributed by atoms with van der Waals surface area (Å²) in [7, 11) is 1.59. The number of carbonyl (C=O) groups is 1. The monoisotopic (exact) mass is 418 g/mol. The summed E-state index contributed by atoms with van der Waals surface area (Å²) in [6, 6.07) is 7.29. The molecule has 1 amide bonds. The maximum Gasteiger partial charge on any atom is 0.408 e. The number of hydrogen-bond acceptors (Lipinski definition) is 4. The molecule has 0 saturated heterocycles. The molecule has 7 heteroatoms. The van der Waals surface area contributed by atoms with Crippen molar-refractivity contribution in [2.45, 2.75) is 60.2 Å². The van der Waals surface area contributed by atoms with Crippen molar-refractivity contribution >= 4 is 16.9 Å². The van der Waals surface area contributed by atoms with Gasteiger partial charge in [-0.3, -0.25) is 9.69 Å². The molecule has 0 aliphatic heterocycles. The van der Waals surface area contributed by atoms with Gasteiger partial charge in [0.15, 0.2) is 0 Å². The van der Waals surface area contributed by atoms with E-state index in [0.717, 1.165) is 0 Å². The van der Waals surface area contributed by atoms with Crippen molar-refractivity contribution < 1.29 is 19.4 Å². The van der Waals surface area contributed by atoms with Crippen LogP contribution in [-0.2, 0) is 17.8 Å². The molecule has 0 spiro atoms. The highest BCUT2D eigenvalue weighted by atomic mass is 16.5. The first-order valence-corrected chi connectivity index (χ1v) is 10.1. The molecule has 30 heavy (non-hydrogen) atoms. The second-order valence-electron chi connectivity index (χ2n) is 9.65. The smallest absolute Gasteiger partial charge is 0.408 e. The Hall–Kier alpha value is -2.54. The summed E-state index contributed by atoms with van der Waals surface area (Å²) in [5.41, 5.74) is -0.430. The van der Waals surface area contributed by atoms with Crippen molar-refractivity contribution in [1.29, 1.82) is 0 Å². The van der Waals surface area contributed by atoms with Crippen molar-refractivity contribution in [3.63, 3.8) is 0 Å². The van der Waals surface area contributed by atoms with E-state index in [1.165, 1.54) is 4.90 Å². The van der Waals surface area contributed by atoms with E-state index >= 15 is 0 Å². The summed E-state index contributed by atoms with van der Waals surface area (Å²) in [5.74, 6) is 0.530. The summed E-state index contributed by atoms with van der Waals surface area (Å²) >= 11 is 0. The number of methoxy groups -OCH3 is 1. The molecule has 1 heterocycles. The summed E-state index contributed by atoms with van der Waals surface area (Å²) in [6.45, 7) is 12.8.